The number of benzene rings is 2. The molecule has 8 saturated carbocycles. The zero-order valence-electron chi connectivity index (χ0n) is 25.7. The SMILES string of the molecule is Cc1cc(C)c([N+]2=CN(c3ccccc3P(C34CC5CC(CC(C5)C3)C4)C34CC5CC(CC(C5)C3)C4)CC2)c(C)c1. The van der Waals surface area contributed by atoms with Crippen LogP contribution in [0, 0.1) is 56.3 Å². The van der Waals surface area contributed by atoms with E-state index in [2.05, 4.69) is 73.0 Å². The van der Waals surface area contributed by atoms with Gasteiger partial charge < -0.3 is 0 Å². The molecule has 8 fully saturated rings. The van der Waals surface area contributed by atoms with E-state index in [4.69, 9.17) is 0 Å². The molecule has 0 spiro atoms. The van der Waals surface area contributed by atoms with Gasteiger partial charge in [0.05, 0.1) is 0 Å². The van der Waals surface area contributed by atoms with E-state index >= 15 is 0 Å². The molecule has 2 aromatic carbocycles. The molecule has 0 N–H and O–H groups in total. The first-order valence-electron chi connectivity index (χ1n) is 17.2. The highest BCUT2D eigenvalue weighted by Gasteiger charge is 2.63. The summed E-state index contributed by atoms with van der Waals surface area (Å²) in [6, 6.07) is 14.7. The highest BCUT2D eigenvalue weighted by molar-refractivity contribution is 7.69. The van der Waals surface area contributed by atoms with Crippen molar-refractivity contribution in [3.63, 3.8) is 0 Å². The number of aryl methyl sites for hydroxylation is 3. The lowest BCUT2D eigenvalue weighted by atomic mass is 9.55. The fourth-order valence-corrected chi connectivity index (χ4v) is 18.4. The second kappa shape index (κ2) is 9.17. The summed E-state index contributed by atoms with van der Waals surface area (Å²) in [7, 11) is -0.206. The van der Waals surface area contributed by atoms with E-state index in [9.17, 15) is 0 Å². The molecule has 3 heteroatoms. The van der Waals surface area contributed by atoms with Gasteiger partial charge in [-0.15, -0.1) is 0 Å². The van der Waals surface area contributed by atoms with Gasteiger partial charge in [-0.3, -0.25) is 0 Å². The molecule has 1 heterocycles. The molecule has 0 atom stereocenters. The van der Waals surface area contributed by atoms with Crippen molar-refractivity contribution in [1.29, 1.82) is 0 Å². The Hall–Kier alpha value is -1.66. The van der Waals surface area contributed by atoms with Gasteiger partial charge in [-0.25, -0.2) is 9.48 Å². The van der Waals surface area contributed by atoms with Crippen LogP contribution in [0.25, 0.3) is 0 Å². The number of rotatable bonds is 5. The Morgan fingerprint density at radius 3 is 1.63 bits per heavy atom. The fraction of sp³-hybridized carbons (Fsp3) is 0.658. The molecule has 8 bridgehead atoms. The van der Waals surface area contributed by atoms with E-state index in [1.807, 2.05) is 5.30 Å². The van der Waals surface area contributed by atoms with Gasteiger partial charge in [-0.2, -0.15) is 0 Å². The minimum Gasteiger partial charge on any atom is -0.229 e. The monoisotopic (exact) mass is 565 g/mol. The van der Waals surface area contributed by atoms with Crippen LogP contribution < -0.4 is 10.2 Å². The van der Waals surface area contributed by atoms with Gasteiger partial charge >= 0.3 is 0 Å². The lowest BCUT2D eigenvalue weighted by Crippen LogP contribution is -2.58. The van der Waals surface area contributed by atoms with Crippen LogP contribution >= 0.6 is 7.92 Å². The third kappa shape index (κ3) is 4.01. The van der Waals surface area contributed by atoms with Crippen LogP contribution in [0.3, 0.4) is 0 Å². The Balaban J connectivity index is 1.17. The fourth-order valence-electron chi connectivity index (χ4n) is 13.1. The molecule has 9 aliphatic rings. The molecule has 11 rings (SSSR count). The van der Waals surface area contributed by atoms with Crippen molar-refractivity contribution >= 4 is 30.9 Å². The summed E-state index contributed by atoms with van der Waals surface area (Å²) >= 11 is 0. The summed E-state index contributed by atoms with van der Waals surface area (Å²) in [5.41, 5.74) is 7.22. The topological polar surface area (TPSA) is 6.25 Å². The third-order valence-corrected chi connectivity index (χ3v) is 17.0. The average Bonchev–Trinajstić information content (AvgIpc) is 3.36. The summed E-state index contributed by atoms with van der Waals surface area (Å²) in [4.78, 5) is 2.68. The number of hydrogen-bond acceptors (Lipinski definition) is 1. The molecule has 0 amide bonds. The lowest BCUT2D eigenvalue weighted by molar-refractivity contribution is -0.425. The molecule has 0 unspecified atom stereocenters. The zero-order valence-corrected chi connectivity index (χ0v) is 26.6. The van der Waals surface area contributed by atoms with Crippen molar-refractivity contribution in [2.45, 2.75) is 108 Å². The van der Waals surface area contributed by atoms with Gasteiger partial charge in [0.2, 0.25) is 6.34 Å². The predicted octanol–water partition coefficient (Wildman–Crippen LogP) is 8.85. The van der Waals surface area contributed by atoms with Crippen LogP contribution in [0.4, 0.5) is 11.4 Å². The Bertz CT molecular complexity index is 1280. The Labute approximate surface area is 249 Å². The lowest BCUT2D eigenvalue weighted by Gasteiger charge is -2.67. The smallest absolute Gasteiger partial charge is 0.229 e. The summed E-state index contributed by atoms with van der Waals surface area (Å²) < 4.78 is 2.57. The van der Waals surface area contributed by atoms with Gasteiger partial charge in [0.25, 0.3) is 0 Å². The van der Waals surface area contributed by atoms with E-state index in [1.165, 1.54) is 22.4 Å². The highest BCUT2D eigenvalue weighted by atomic mass is 31.1. The first kappa shape index (κ1) is 25.8. The van der Waals surface area contributed by atoms with Gasteiger partial charge in [-0.1, -0.05) is 43.8 Å². The average molecular weight is 566 g/mol. The normalized spacial score (nSPS) is 40.9. The highest BCUT2D eigenvalue weighted by Crippen LogP contribution is 2.78. The molecule has 41 heavy (non-hydrogen) atoms. The first-order valence-corrected chi connectivity index (χ1v) is 18.6. The van der Waals surface area contributed by atoms with Gasteiger partial charge in [-0.05, 0) is 161 Å². The molecular formula is C38H50N2P+. The first-order chi connectivity index (χ1) is 19.9. The molecule has 0 radical (unpaired) electrons. The van der Waals surface area contributed by atoms with Gasteiger partial charge in [0, 0.05) is 5.30 Å². The maximum Gasteiger partial charge on any atom is 0.244 e. The van der Waals surface area contributed by atoms with E-state index < -0.39 is 0 Å². The Morgan fingerprint density at radius 2 is 1.15 bits per heavy atom. The predicted molar refractivity (Wildman–Crippen MR) is 174 cm³/mol. The van der Waals surface area contributed by atoms with Crippen molar-refractivity contribution in [3.05, 3.63) is 53.1 Å². The molecule has 2 aromatic rings. The van der Waals surface area contributed by atoms with Crippen LogP contribution in [0.5, 0.6) is 0 Å². The van der Waals surface area contributed by atoms with Crippen molar-refractivity contribution in [3.8, 4) is 0 Å². The molecule has 0 saturated heterocycles. The third-order valence-electron chi connectivity index (χ3n) is 13.2. The Kier molecular flexibility index (Phi) is 5.77. The minimum absolute atomic E-state index is 0.206. The van der Waals surface area contributed by atoms with E-state index in [1.54, 1.807) is 82.7 Å². The number of para-hydroxylation sites is 1. The minimum atomic E-state index is -0.206. The standard InChI is InChI=1S/C38H50N2P/c1-25-10-26(2)36(27(3)11-25)40-9-8-39(24-40)34-6-4-5-7-35(34)41(37-18-28-12-29(19-37)14-30(13-28)20-37)38-21-31-15-32(22-38)17-33(16-31)23-38/h4-7,10-11,24,28-33H,8-9,12-23H2,1-3H3/q+1. The number of nitrogens with zero attached hydrogens (tertiary/aromatic N) is 2. The summed E-state index contributed by atoms with van der Waals surface area (Å²) in [5, 5.41) is 3.06. The largest absolute Gasteiger partial charge is 0.244 e. The van der Waals surface area contributed by atoms with Crippen LogP contribution in [-0.4, -0.2) is 34.3 Å². The van der Waals surface area contributed by atoms with Crippen molar-refractivity contribution < 1.29 is 4.58 Å². The molecule has 1 aliphatic heterocycles. The van der Waals surface area contributed by atoms with Crippen LogP contribution in [0.2, 0.25) is 0 Å². The number of anilines is 1. The maximum absolute atomic E-state index is 2.68. The van der Waals surface area contributed by atoms with E-state index in [0.29, 0.717) is 10.3 Å². The van der Waals surface area contributed by atoms with E-state index in [0.717, 1.165) is 48.6 Å². The molecular weight excluding hydrogens is 515 g/mol. The van der Waals surface area contributed by atoms with Crippen molar-refractivity contribution in [2.24, 2.45) is 35.5 Å². The summed E-state index contributed by atoms with van der Waals surface area (Å²) in [6.07, 6.45) is 21.3. The van der Waals surface area contributed by atoms with Crippen LogP contribution in [0.1, 0.15) is 93.7 Å². The summed E-state index contributed by atoms with van der Waals surface area (Å²) in [6.45, 7) is 9.04. The van der Waals surface area contributed by atoms with Crippen molar-refractivity contribution in [1.82, 2.24) is 0 Å². The number of hydrogen-bond donors (Lipinski definition) is 0. The van der Waals surface area contributed by atoms with Crippen molar-refractivity contribution in [2.75, 3.05) is 18.0 Å². The maximum atomic E-state index is 2.68. The second-order valence-electron chi connectivity index (χ2n) is 16.4. The summed E-state index contributed by atoms with van der Waals surface area (Å²) in [5.74, 6) is 6.21. The van der Waals surface area contributed by atoms with Gasteiger partial charge in [0.15, 0.2) is 0 Å². The molecule has 8 aliphatic carbocycles. The molecule has 2 nitrogen and oxygen atoms in total. The zero-order chi connectivity index (χ0) is 27.5. The van der Waals surface area contributed by atoms with Crippen LogP contribution in [-0.2, 0) is 0 Å². The second-order valence-corrected chi connectivity index (χ2v) is 19.4. The van der Waals surface area contributed by atoms with E-state index in [-0.39, 0.29) is 7.92 Å². The molecule has 216 valence electrons. The van der Waals surface area contributed by atoms with Gasteiger partial charge in [0.1, 0.15) is 24.5 Å². The molecule has 0 aromatic heterocycles. The van der Waals surface area contributed by atoms with Crippen LogP contribution in [0.15, 0.2) is 36.4 Å². The Morgan fingerprint density at radius 1 is 0.683 bits per heavy atom. The quantitative estimate of drug-likeness (QED) is 0.259.